The first-order valence-electron chi connectivity index (χ1n) is 6.21. The van der Waals surface area contributed by atoms with Gasteiger partial charge in [-0.2, -0.15) is 0 Å². The molecule has 3 rings (SSSR count). The zero-order valence-corrected chi connectivity index (χ0v) is 10.6. The minimum Gasteiger partial charge on any atom is -0.295 e. The highest BCUT2D eigenvalue weighted by Gasteiger charge is 2.04. The van der Waals surface area contributed by atoms with Crippen molar-refractivity contribution in [3.05, 3.63) is 66.2 Å². The molecule has 0 unspecified atom stereocenters. The molecule has 0 atom stereocenters. The van der Waals surface area contributed by atoms with Gasteiger partial charge >= 0.3 is 0 Å². The van der Waals surface area contributed by atoms with E-state index in [1.165, 1.54) is 0 Å². The topological polar surface area (TPSA) is 30.0 Å². The SMILES string of the molecule is CC(=O)c1ccc2ccc(-c3ccccc3)nc2c1. The largest absolute Gasteiger partial charge is 0.295 e. The van der Waals surface area contributed by atoms with E-state index in [0.717, 1.165) is 22.2 Å². The fourth-order valence-electron chi connectivity index (χ4n) is 2.11. The summed E-state index contributed by atoms with van der Waals surface area (Å²) < 4.78 is 0. The van der Waals surface area contributed by atoms with Crippen molar-refractivity contribution in [1.29, 1.82) is 0 Å². The molecule has 0 amide bonds. The Kier molecular flexibility index (Phi) is 2.84. The Morgan fingerprint density at radius 1 is 0.947 bits per heavy atom. The first-order chi connectivity index (χ1) is 9.24. The third-order valence-corrected chi connectivity index (χ3v) is 3.17. The highest BCUT2D eigenvalue weighted by atomic mass is 16.1. The number of Topliss-reactive ketones (excluding diaryl/α,β-unsaturated/α-hetero) is 1. The van der Waals surface area contributed by atoms with Crippen molar-refractivity contribution in [3.63, 3.8) is 0 Å². The monoisotopic (exact) mass is 247 g/mol. The van der Waals surface area contributed by atoms with Gasteiger partial charge in [0.15, 0.2) is 5.78 Å². The van der Waals surface area contributed by atoms with Gasteiger partial charge in [0.25, 0.3) is 0 Å². The summed E-state index contributed by atoms with van der Waals surface area (Å²) in [5.41, 5.74) is 3.56. The van der Waals surface area contributed by atoms with Gasteiger partial charge in [-0.15, -0.1) is 0 Å². The maximum atomic E-state index is 11.4. The van der Waals surface area contributed by atoms with Crippen LogP contribution in [-0.4, -0.2) is 10.8 Å². The second-order valence-corrected chi connectivity index (χ2v) is 4.53. The molecule has 92 valence electrons. The van der Waals surface area contributed by atoms with Crippen LogP contribution in [0, 0.1) is 0 Å². The number of fused-ring (bicyclic) bond motifs is 1. The molecule has 0 saturated carbocycles. The zero-order valence-electron chi connectivity index (χ0n) is 10.6. The Morgan fingerprint density at radius 3 is 2.42 bits per heavy atom. The average Bonchev–Trinajstić information content (AvgIpc) is 2.47. The van der Waals surface area contributed by atoms with Crippen LogP contribution in [0.3, 0.4) is 0 Å². The van der Waals surface area contributed by atoms with Crippen molar-refractivity contribution in [2.45, 2.75) is 6.92 Å². The number of rotatable bonds is 2. The maximum absolute atomic E-state index is 11.4. The molecule has 3 aromatic rings. The molecule has 0 radical (unpaired) electrons. The predicted molar refractivity (Wildman–Crippen MR) is 77.2 cm³/mol. The number of aromatic nitrogens is 1. The van der Waals surface area contributed by atoms with E-state index in [4.69, 9.17) is 0 Å². The van der Waals surface area contributed by atoms with Crippen molar-refractivity contribution in [2.75, 3.05) is 0 Å². The van der Waals surface area contributed by atoms with E-state index in [0.29, 0.717) is 5.56 Å². The second-order valence-electron chi connectivity index (χ2n) is 4.53. The molecule has 0 bridgehead atoms. The van der Waals surface area contributed by atoms with E-state index in [-0.39, 0.29) is 5.78 Å². The summed E-state index contributed by atoms with van der Waals surface area (Å²) in [6.07, 6.45) is 0. The van der Waals surface area contributed by atoms with Crippen LogP contribution in [0.2, 0.25) is 0 Å². The molecular weight excluding hydrogens is 234 g/mol. The summed E-state index contributed by atoms with van der Waals surface area (Å²) in [4.78, 5) is 16.1. The number of nitrogens with zero attached hydrogens (tertiary/aromatic N) is 1. The summed E-state index contributed by atoms with van der Waals surface area (Å²) in [5, 5.41) is 1.05. The molecule has 0 aliphatic heterocycles. The van der Waals surface area contributed by atoms with Gasteiger partial charge in [0.1, 0.15) is 0 Å². The number of carbonyl (C=O) groups is 1. The molecule has 0 saturated heterocycles. The Balaban J connectivity index is 2.16. The van der Waals surface area contributed by atoms with Crippen LogP contribution in [0.25, 0.3) is 22.2 Å². The van der Waals surface area contributed by atoms with E-state index < -0.39 is 0 Å². The molecule has 19 heavy (non-hydrogen) atoms. The molecule has 2 heteroatoms. The maximum Gasteiger partial charge on any atom is 0.159 e. The highest BCUT2D eigenvalue weighted by molar-refractivity contribution is 5.97. The fourth-order valence-corrected chi connectivity index (χ4v) is 2.11. The Hall–Kier alpha value is -2.48. The smallest absolute Gasteiger partial charge is 0.159 e. The molecule has 1 heterocycles. The Bertz CT molecular complexity index is 748. The predicted octanol–water partition coefficient (Wildman–Crippen LogP) is 4.10. The summed E-state index contributed by atoms with van der Waals surface area (Å²) >= 11 is 0. The van der Waals surface area contributed by atoms with Gasteiger partial charge in [-0.25, -0.2) is 4.98 Å². The fraction of sp³-hybridized carbons (Fsp3) is 0.0588. The van der Waals surface area contributed by atoms with Gasteiger partial charge in [-0.1, -0.05) is 48.5 Å². The van der Waals surface area contributed by atoms with Crippen LogP contribution >= 0.6 is 0 Å². The molecule has 0 N–H and O–H groups in total. The van der Waals surface area contributed by atoms with E-state index in [1.54, 1.807) is 6.92 Å². The van der Waals surface area contributed by atoms with Crippen molar-refractivity contribution >= 4 is 16.7 Å². The summed E-state index contributed by atoms with van der Waals surface area (Å²) in [6.45, 7) is 1.57. The number of pyridine rings is 1. The van der Waals surface area contributed by atoms with E-state index in [9.17, 15) is 4.79 Å². The lowest BCUT2D eigenvalue weighted by Gasteiger charge is -2.04. The average molecular weight is 247 g/mol. The normalized spacial score (nSPS) is 10.6. The lowest BCUT2D eigenvalue weighted by molar-refractivity contribution is 0.101. The van der Waals surface area contributed by atoms with Crippen LogP contribution in [0.15, 0.2) is 60.7 Å². The first-order valence-corrected chi connectivity index (χ1v) is 6.21. The summed E-state index contributed by atoms with van der Waals surface area (Å²) in [5.74, 6) is 0.0637. The van der Waals surface area contributed by atoms with Gasteiger partial charge in [-0.3, -0.25) is 4.79 Å². The minimum absolute atomic E-state index is 0.0637. The quantitative estimate of drug-likeness (QED) is 0.638. The molecule has 0 fully saturated rings. The molecule has 0 aliphatic carbocycles. The van der Waals surface area contributed by atoms with Crippen molar-refractivity contribution < 1.29 is 4.79 Å². The lowest BCUT2D eigenvalue weighted by atomic mass is 10.1. The van der Waals surface area contributed by atoms with Crippen molar-refractivity contribution in [1.82, 2.24) is 4.98 Å². The van der Waals surface area contributed by atoms with Crippen LogP contribution < -0.4 is 0 Å². The molecule has 0 aliphatic rings. The number of ketones is 1. The van der Waals surface area contributed by atoms with Gasteiger partial charge in [0, 0.05) is 16.5 Å². The van der Waals surface area contributed by atoms with Crippen molar-refractivity contribution in [2.24, 2.45) is 0 Å². The lowest BCUT2D eigenvalue weighted by Crippen LogP contribution is -1.92. The standard InChI is InChI=1S/C17H13NO/c1-12(19)15-8-7-14-9-10-16(18-17(14)11-15)13-5-3-2-4-6-13/h2-11H,1H3. The Morgan fingerprint density at radius 2 is 1.68 bits per heavy atom. The number of hydrogen-bond acceptors (Lipinski definition) is 2. The molecule has 2 nitrogen and oxygen atoms in total. The second kappa shape index (κ2) is 4.65. The third kappa shape index (κ3) is 2.25. The van der Waals surface area contributed by atoms with Gasteiger partial charge in [0.2, 0.25) is 0 Å². The summed E-state index contributed by atoms with van der Waals surface area (Å²) in [6, 6.07) is 19.7. The van der Waals surface area contributed by atoms with Crippen LogP contribution in [0.1, 0.15) is 17.3 Å². The highest BCUT2D eigenvalue weighted by Crippen LogP contribution is 2.21. The first kappa shape index (κ1) is 11.6. The van der Waals surface area contributed by atoms with Crippen molar-refractivity contribution in [3.8, 4) is 11.3 Å². The van der Waals surface area contributed by atoms with E-state index in [2.05, 4.69) is 4.98 Å². The van der Waals surface area contributed by atoms with Gasteiger partial charge in [-0.05, 0) is 19.1 Å². The third-order valence-electron chi connectivity index (χ3n) is 3.17. The number of benzene rings is 2. The van der Waals surface area contributed by atoms with Gasteiger partial charge in [0.05, 0.1) is 11.2 Å². The summed E-state index contributed by atoms with van der Waals surface area (Å²) in [7, 11) is 0. The number of hydrogen-bond donors (Lipinski definition) is 0. The van der Waals surface area contributed by atoms with E-state index in [1.807, 2.05) is 60.7 Å². The Labute approximate surface area is 111 Å². The zero-order chi connectivity index (χ0) is 13.2. The van der Waals surface area contributed by atoms with Crippen LogP contribution in [0.5, 0.6) is 0 Å². The van der Waals surface area contributed by atoms with Crippen LogP contribution in [0.4, 0.5) is 0 Å². The molecule has 1 aromatic heterocycles. The van der Waals surface area contributed by atoms with Gasteiger partial charge < -0.3 is 0 Å². The van der Waals surface area contributed by atoms with Crippen LogP contribution in [-0.2, 0) is 0 Å². The minimum atomic E-state index is 0.0637. The van der Waals surface area contributed by atoms with E-state index >= 15 is 0 Å². The number of carbonyl (C=O) groups excluding carboxylic acids is 1. The molecule has 2 aromatic carbocycles. The molecular formula is C17H13NO. The molecule has 0 spiro atoms.